The average molecular weight is 422 g/mol. The highest BCUT2D eigenvalue weighted by Gasteiger charge is 2.21. The van der Waals surface area contributed by atoms with Crippen molar-refractivity contribution in [2.45, 2.75) is 33.6 Å². The Morgan fingerprint density at radius 2 is 1.93 bits per heavy atom. The van der Waals surface area contributed by atoms with Crippen molar-refractivity contribution in [3.8, 4) is 0 Å². The van der Waals surface area contributed by atoms with Gasteiger partial charge in [-0.2, -0.15) is 0 Å². The van der Waals surface area contributed by atoms with Crippen LogP contribution in [0.2, 0.25) is 0 Å². The SMILES string of the molecule is CC.CC1CC=CC2=C1CCO2.I.I. The predicted octanol–water partition coefficient (Wildman–Crippen LogP) is 4.52. The minimum atomic E-state index is 0. The number of allylic oxidation sites excluding steroid dienone is 2. The van der Waals surface area contributed by atoms with Gasteiger partial charge in [-0.1, -0.05) is 26.8 Å². The largest absolute Gasteiger partial charge is 0.493 e. The molecule has 0 saturated heterocycles. The van der Waals surface area contributed by atoms with Crippen molar-refractivity contribution in [3.63, 3.8) is 0 Å². The molecule has 1 aliphatic heterocycles. The van der Waals surface area contributed by atoms with E-state index in [0.717, 1.165) is 24.7 Å². The van der Waals surface area contributed by atoms with Crippen LogP contribution in [0.3, 0.4) is 0 Å². The highest BCUT2D eigenvalue weighted by atomic mass is 127. The summed E-state index contributed by atoms with van der Waals surface area (Å²) >= 11 is 0. The first-order valence-corrected chi connectivity index (χ1v) is 4.90. The van der Waals surface area contributed by atoms with Gasteiger partial charge in [0.2, 0.25) is 0 Å². The predicted molar refractivity (Wildman–Crippen MR) is 82.7 cm³/mol. The van der Waals surface area contributed by atoms with E-state index in [-0.39, 0.29) is 48.0 Å². The fourth-order valence-corrected chi connectivity index (χ4v) is 1.65. The molecular formula is C11H20I2O. The van der Waals surface area contributed by atoms with Gasteiger partial charge < -0.3 is 4.74 Å². The Bertz CT molecular complexity index is 209. The molecule has 2 aliphatic rings. The molecule has 1 atom stereocenters. The van der Waals surface area contributed by atoms with Crippen molar-refractivity contribution in [3.05, 3.63) is 23.5 Å². The monoisotopic (exact) mass is 422 g/mol. The van der Waals surface area contributed by atoms with Crippen molar-refractivity contribution < 1.29 is 4.74 Å². The van der Waals surface area contributed by atoms with Crippen LogP contribution < -0.4 is 0 Å². The van der Waals surface area contributed by atoms with Crippen molar-refractivity contribution in [1.82, 2.24) is 0 Å². The fraction of sp³-hybridized carbons (Fsp3) is 0.636. The van der Waals surface area contributed by atoms with Crippen molar-refractivity contribution >= 4 is 48.0 Å². The summed E-state index contributed by atoms with van der Waals surface area (Å²) < 4.78 is 5.42. The Morgan fingerprint density at radius 1 is 1.29 bits per heavy atom. The average Bonchev–Trinajstić information content (AvgIpc) is 2.57. The molecule has 0 aromatic rings. The van der Waals surface area contributed by atoms with Crippen LogP contribution in [-0.2, 0) is 4.74 Å². The lowest BCUT2D eigenvalue weighted by atomic mass is 9.91. The van der Waals surface area contributed by atoms with Gasteiger partial charge in [0.1, 0.15) is 5.76 Å². The van der Waals surface area contributed by atoms with Gasteiger partial charge in [-0.05, 0) is 24.0 Å². The van der Waals surface area contributed by atoms with Crippen LogP contribution in [0.15, 0.2) is 23.5 Å². The van der Waals surface area contributed by atoms with E-state index in [1.54, 1.807) is 0 Å². The topological polar surface area (TPSA) is 9.23 Å². The second-order valence-corrected chi connectivity index (χ2v) is 3.03. The second-order valence-electron chi connectivity index (χ2n) is 3.03. The molecule has 1 nitrogen and oxygen atoms in total. The number of rotatable bonds is 0. The zero-order valence-electron chi connectivity index (χ0n) is 9.08. The molecule has 0 spiro atoms. The van der Waals surface area contributed by atoms with Gasteiger partial charge in [-0.15, -0.1) is 48.0 Å². The van der Waals surface area contributed by atoms with Gasteiger partial charge in [0.05, 0.1) is 6.61 Å². The molecule has 14 heavy (non-hydrogen) atoms. The first kappa shape index (κ1) is 17.1. The lowest BCUT2D eigenvalue weighted by Crippen LogP contribution is -2.01. The third-order valence-corrected chi connectivity index (χ3v) is 2.30. The second kappa shape index (κ2) is 9.00. The van der Waals surface area contributed by atoms with Gasteiger partial charge in [-0.25, -0.2) is 0 Å². The summed E-state index contributed by atoms with van der Waals surface area (Å²) in [6.45, 7) is 7.17. The van der Waals surface area contributed by atoms with E-state index in [9.17, 15) is 0 Å². The van der Waals surface area contributed by atoms with Crippen molar-refractivity contribution in [2.75, 3.05) is 6.61 Å². The molecule has 0 N–H and O–H groups in total. The van der Waals surface area contributed by atoms with Gasteiger partial charge in [0, 0.05) is 6.42 Å². The lowest BCUT2D eigenvalue weighted by molar-refractivity contribution is 0.256. The molecule has 0 aromatic carbocycles. The molecule has 0 aromatic heterocycles. The summed E-state index contributed by atoms with van der Waals surface area (Å²) in [4.78, 5) is 0. The molecule has 2 rings (SSSR count). The van der Waals surface area contributed by atoms with E-state index in [4.69, 9.17) is 4.74 Å². The van der Waals surface area contributed by atoms with Crippen LogP contribution in [0.1, 0.15) is 33.6 Å². The summed E-state index contributed by atoms with van der Waals surface area (Å²) in [7, 11) is 0. The maximum atomic E-state index is 5.42. The van der Waals surface area contributed by atoms with Crippen LogP contribution in [0, 0.1) is 5.92 Å². The number of hydrogen-bond acceptors (Lipinski definition) is 1. The molecule has 1 heterocycles. The summed E-state index contributed by atoms with van der Waals surface area (Å²) in [6.07, 6.45) is 6.67. The zero-order chi connectivity index (χ0) is 8.97. The minimum absolute atomic E-state index is 0. The number of halogens is 2. The normalized spacial score (nSPS) is 22.1. The highest BCUT2D eigenvalue weighted by Crippen LogP contribution is 2.32. The molecular weight excluding hydrogens is 402 g/mol. The molecule has 84 valence electrons. The van der Waals surface area contributed by atoms with Gasteiger partial charge >= 0.3 is 0 Å². The van der Waals surface area contributed by atoms with Gasteiger partial charge in [0.15, 0.2) is 0 Å². The summed E-state index contributed by atoms with van der Waals surface area (Å²) in [5.74, 6) is 1.88. The van der Waals surface area contributed by atoms with E-state index in [0.29, 0.717) is 0 Å². The van der Waals surface area contributed by atoms with Crippen LogP contribution >= 0.6 is 48.0 Å². The van der Waals surface area contributed by atoms with Crippen LogP contribution in [0.4, 0.5) is 0 Å². The summed E-state index contributed by atoms with van der Waals surface area (Å²) in [6, 6.07) is 0. The smallest absolute Gasteiger partial charge is 0.118 e. The Hall–Kier alpha value is 0.740. The third-order valence-electron chi connectivity index (χ3n) is 2.30. The van der Waals surface area contributed by atoms with E-state index >= 15 is 0 Å². The third kappa shape index (κ3) is 4.08. The molecule has 1 unspecified atom stereocenters. The number of hydrogen-bond donors (Lipinski definition) is 0. The molecule has 0 radical (unpaired) electrons. The quantitative estimate of drug-likeness (QED) is 0.522. The van der Waals surface area contributed by atoms with Gasteiger partial charge in [0.25, 0.3) is 0 Å². The first-order chi connectivity index (χ1) is 5.88. The molecule has 0 fully saturated rings. The number of ether oxygens (including phenoxy) is 1. The molecule has 0 saturated carbocycles. The Morgan fingerprint density at radius 3 is 2.50 bits per heavy atom. The molecule has 0 amide bonds. The Balaban J connectivity index is 0. The zero-order valence-corrected chi connectivity index (χ0v) is 13.7. The van der Waals surface area contributed by atoms with Crippen molar-refractivity contribution in [1.29, 1.82) is 0 Å². The molecule has 3 heteroatoms. The summed E-state index contributed by atoms with van der Waals surface area (Å²) in [5.41, 5.74) is 1.53. The lowest BCUT2D eigenvalue weighted by Gasteiger charge is -2.13. The van der Waals surface area contributed by atoms with Crippen LogP contribution in [0.25, 0.3) is 0 Å². The van der Waals surface area contributed by atoms with E-state index < -0.39 is 0 Å². The van der Waals surface area contributed by atoms with Crippen molar-refractivity contribution in [2.24, 2.45) is 5.92 Å². The maximum absolute atomic E-state index is 5.42. The Kier molecular flexibility index (Phi) is 11.0. The minimum Gasteiger partial charge on any atom is -0.493 e. The van der Waals surface area contributed by atoms with Gasteiger partial charge in [-0.3, -0.25) is 0 Å². The van der Waals surface area contributed by atoms with Crippen LogP contribution in [-0.4, -0.2) is 6.61 Å². The standard InChI is InChI=1S/C9H12O.C2H6.2HI/c1-7-3-2-4-9-8(7)5-6-10-9;1-2;;/h2,4,7H,3,5-6H2,1H3;1-2H3;2*1H. The highest BCUT2D eigenvalue weighted by molar-refractivity contribution is 14.0. The summed E-state index contributed by atoms with van der Waals surface area (Å²) in [5, 5.41) is 0. The fourth-order valence-electron chi connectivity index (χ4n) is 1.65. The first-order valence-electron chi connectivity index (χ1n) is 4.90. The molecule has 1 aliphatic carbocycles. The Labute approximate surface area is 121 Å². The maximum Gasteiger partial charge on any atom is 0.118 e. The van der Waals surface area contributed by atoms with Crippen LogP contribution in [0.5, 0.6) is 0 Å². The molecule has 0 bridgehead atoms. The van der Waals surface area contributed by atoms with E-state index in [1.165, 1.54) is 12.0 Å². The van der Waals surface area contributed by atoms with E-state index in [2.05, 4.69) is 19.1 Å². The van der Waals surface area contributed by atoms with E-state index in [1.807, 2.05) is 13.8 Å².